The van der Waals surface area contributed by atoms with Crippen LogP contribution in [0.5, 0.6) is 0 Å². The number of thiophene rings is 1. The molecule has 0 aromatic carbocycles. The molecule has 7 heteroatoms. The van der Waals surface area contributed by atoms with Gasteiger partial charge in [-0.1, -0.05) is 13.3 Å². The molecule has 2 amide bonds. The van der Waals surface area contributed by atoms with Crippen LogP contribution in [0.3, 0.4) is 0 Å². The summed E-state index contributed by atoms with van der Waals surface area (Å²) in [6.45, 7) is 3.61. The number of carboxylic acid groups (broad SMARTS) is 1. The average Bonchev–Trinajstić information content (AvgIpc) is 2.81. The number of unbranched alkanes of at least 4 members (excludes halogenated alkanes) is 1. The standard InChI is InChI=1S/C12H18N2O4S/c1-2-3-6-18-7-5-13-12(17)14-10-9(11(15)16)4-8-19-10/h4,8H,2-3,5-7H2,1H3,(H,15,16)(H2,13,14,17). The maximum Gasteiger partial charge on any atom is 0.338 e. The van der Waals surface area contributed by atoms with Crippen LogP contribution in [0.2, 0.25) is 0 Å². The van der Waals surface area contributed by atoms with Gasteiger partial charge in [0.2, 0.25) is 0 Å². The lowest BCUT2D eigenvalue weighted by Gasteiger charge is -2.07. The van der Waals surface area contributed by atoms with Gasteiger partial charge in [-0.25, -0.2) is 9.59 Å². The molecule has 0 aliphatic heterocycles. The number of carbonyl (C=O) groups excluding carboxylic acids is 1. The maximum absolute atomic E-state index is 11.5. The van der Waals surface area contributed by atoms with Crippen molar-refractivity contribution in [1.29, 1.82) is 0 Å². The van der Waals surface area contributed by atoms with Gasteiger partial charge in [-0.15, -0.1) is 11.3 Å². The van der Waals surface area contributed by atoms with Crippen molar-refractivity contribution in [2.75, 3.05) is 25.1 Å². The fourth-order valence-electron chi connectivity index (χ4n) is 1.31. The van der Waals surface area contributed by atoms with Crippen LogP contribution in [0.1, 0.15) is 30.1 Å². The van der Waals surface area contributed by atoms with Gasteiger partial charge < -0.3 is 15.2 Å². The first kappa shape index (κ1) is 15.5. The zero-order chi connectivity index (χ0) is 14.1. The molecule has 1 heterocycles. The highest BCUT2D eigenvalue weighted by Crippen LogP contribution is 2.22. The highest BCUT2D eigenvalue weighted by atomic mass is 32.1. The number of carbonyl (C=O) groups is 2. The lowest BCUT2D eigenvalue weighted by atomic mass is 10.3. The van der Waals surface area contributed by atoms with Crippen LogP contribution in [-0.2, 0) is 4.74 Å². The van der Waals surface area contributed by atoms with Crippen molar-refractivity contribution < 1.29 is 19.4 Å². The molecule has 0 aliphatic carbocycles. The molecule has 0 fully saturated rings. The third kappa shape index (κ3) is 5.71. The zero-order valence-corrected chi connectivity index (χ0v) is 11.6. The van der Waals surface area contributed by atoms with Crippen molar-refractivity contribution >= 4 is 28.3 Å². The Bertz CT molecular complexity index is 420. The van der Waals surface area contributed by atoms with Crippen molar-refractivity contribution in [1.82, 2.24) is 5.32 Å². The summed E-state index contributed by atoms with van der Waals surface area (Å²) in [7, 11) is 0. The summed E-state index contributed by atoms with van der Waals surface area (Å²) < 4.78 is 5.29. The number of rotatable bonds is 8. The van der Waals surface area contributed by atoms with Gasteiger partial charge in [0.05, 0.1) is 12.2 Å². The summed E-state index contributed by atoms with van der Waals surface area (Å²) in [6.07, 6.45) is 2.08. The quantitative estimate of drug-likeness (QED) is 0.640. The van der Waals surface area contributed by atoms with Gasteiger partial charge in [0.1, 0.15) is 5.00 Å². The van der Waals surface area contributed by atoms with E-state index < -0.39 is 12.0 Å². The largest absolute Gasteiger partial charge is 0.478 e. The monoisotopic (exact) mass is 286 g/mol. The van der Waals surface area contributed by atoms with E-state index in [-0.39, 0.29) is 5.56 Å². The molecule has 0 saturated heterocycles. The maximum atomic E-state index is 11.5. The Morgan fingerprint density at radius 1 is 1.42 bits per heavy atom. The van der Waals surface area contributed by atoms with Gasteiger partial charge in [-0.2, -0.15) is 0 Å². The molecule has 0 spiro atoms. The molecule has 1 rings (SSSR count). The predicted octanol–water partition coefficient (Wildman–Crippen LogP) is 2.38. The van der Waals surface area contributed by atoms with Crippen LogP contribution < -0.4 is 10.6 Å². The molecule has 0 saturated carbocycles. The number of carboxylic acids is 1. The lowest BCUT2D eigenvalue weighted by molar-refractivity contribution is 0.0698. The van der Waals surface area contributed by atoms with Crippen molar-refractivity contribution in [3.8, 4) is 0 Å². The molecule has 6 nitrogen and oxygen atoms in total. The van der Waals surface area contributed by atoms with E-state index in [1.54, 1.807) is 5.38 Å². The van der Waals surface area contributed by atoms with E-state index in [0.717, 1.165) is 12.8 Å². The second kappa shape index (κ2) is 8.49. The number of ether oxygens (including phenoxy) is 1. The van der Waals surface area contributed by atoms with E-state index in [0.29, 0.717) is 24.8 Å². The first-order valence-electron chi connectivity index (χ1n) is 6.08. The summed E-state index contributed by atoms with van der Waals surface area (Å²) in [5.74, 6) is -1.06. The van der Waals surface area contributed by atoms with Crippen LogP contribution in [0.4, 0.5) is 9.80 Å². The third-order valence-corrected chi connectivity index (χ3v) is 3.13. The minimum absolute atomic E-state index is 0.0966. The molecule has 19 heavy (non-hydrogen) atoms. The molecule has 3 N–H and O–H groups in total. The fraction of sp³-hybridized carbons (Fsp3) is 0.500. The van der Waals surface area contributed by atoms with Gasteiger partial charge in [-0.05, 0) is 17.9 Å². The minimum Gasteiger partial charge on any atom is -0.478 e. The molecule has 106 valence electrons. The van der Waals surface area contributed by atoms with E-state index in [4.69, 9.17) is 9.84 Å². The Labute approximate surface area is 115 Å². The predicted molar refractivity (Wildman–Crippen MR) is 74.0 cm³/mol. The highest BCUT2D eigenvalue weighted by Gasteiger charge is 2.13. The van der Waals surface area contributed by atoms with E-state index in [9.17, 15) is 9.59 Å². The molecule has 0 bridgehead atoms. The van der Waals surface area contributed by atoms with Crippen molar-refractivity contribution in [2.24, 2.45) is 0 Å². The SMILES string of the molecule is CCCCOCCNC(=O)Nc1sccc1C(=O)O. The summed E-state index contributed by atoms with van der Waals surface area (Å²) in [6, 6.07) is 1.03. The van der Waals surface area contributed by atoms with Gasteiger partial charge in [0, 0.05) is 13.2 Å². The lowest BCUT2D eigenvalue weighted by Crippen LogP contribution is -2.31. The van der Waals surface area contributed by atoms with E-state index >= 15 is 0 Å². The zero-order valence-electron chi connectivity index (χ0n) is 10.8. The first-order valence-corrected chi connectivity index (χ1v) is 6.96. The Kier molecular flexibility index (Phi) is 6.91. The smallest absolute Gasteiger partial charge is 0.338 e. The fourth-order valence-corrected chi connectivity index (χ4v) is 2.08. The van der Waals surface area contributed by atoms with Crippen LogP contribution in [0.25, 0.3) is 0 Å². The summed E-state index contributed by atoms with van der Waals surface area (Å²) in [4.78, 5) is 22.4. The molecular weight excluding hydrogens is 268 g/mol. The average molecular weight is 286 g/mol. The number of hydrogen-bond acceptors (Lipinski definition) is 4. The summed E-state index contributed by atoms with van der Waals surface area (Å²) in [5, 5.41) is 15.9. The van der Waals surface area contributed by atoms with E-state index in [1.165, 1.54) is 17.4 Å². The number of aromatic carboxylic acids is 1. The van der Waals surface area contributed by atoms with Gasteiger partial charge >= 0.3 is 12.0 Å². The summed E-state index contributed by atoms with van der Waals surface area (Å²) in [5.41, 5.74) is 0.0966. The number of hydrogen-bond donors (Lipinski definition) is 3. The van der Waals surface area contributed by atoms with Crippen LogP contribution in [0.15, 0.2) is 11.4 Å². The van der Waals surface area contributed by atoms with Crippen LogP contribution in [-0.4, -0.2) is 36.9 Å². The van der Waals surface area contributed by atoms with Crippen molar-refractivity contribution in [3.05, 3.63) is 17.0 Å². The van der Waals surface area contributed by atoms with Gasteiger partial charge in [0.15, 0.2) is 0 Å². The molecule has 0 radical (unpaired) electrons. The second-order valence-corrected chi connectivity index (χ2v) is 4.73. The minimum atomic E-state index is -1.06. The van der Waals surface area contributed by atoms with Crippen LogP contribution >= 0.6 is 11.3 Å². The van der Waals surface area contributed by atoms with E-state index in [2.05, 4.69) is 17.6 Å². The Hall–Kier alpha value is -1.60. The second-order valence-electron chi connectivity index (χ2n) is 3.82. The number of anilines is 1. The summed E-state index contributed by atoms with van der Waals surface area (Å²) >= 11 is 1.17. The first-order chi connectivity index (χ1) is 9.15. The molecule has 0 aliphatic rings. The molecule has 1 aromatic rings. The third-order valence-electron chi connectivity index (χ3n) is 2.30. The molecule has 1 aromatic heterocycles. The molecule has 0 atom stereocenters. The van der Waals surface area contributed by atoms with Crippen LogP contribution in [0, 0.1) is 0 Å². The molecule has 0 unspecified atom stereocenters. The number of nitrogens with one attached hydrogen (secondary N) is 2. The van der Waals surface area contributed by atoms with Crippen molar-refractivity contribution in [3.63, 3.8) is 0 Å². The number of urea groups is 1. The topological polar surface area (TPSA) is 87.7 Å². The number of amides is 2. The van der Waals surface area contributed by atoms with Gasteiger partial charge in [0.25, 0.3) is 0 Å². The van der Waals surface area contributed by atoms with Gasteiger partial charge in [-0.3, -0.25) is 5.32 Å². The Morgan fingerprint density at radius 2 is 2.21 bits per heavy atom. The highest BCUT2D eigenvalue weighted by molar-refractivity contribution is 7.14. The normalized spacial score (nSPS) is 10.2. The Morgan fingerprint density at radius 3 is 2.89 bits per heavy atom. The molecular formula is C12H18N2O4S. The van der Waals surface area contributed by atoms with Crippen molar-refractivity contribution in [2.45, 2.75) is 19.8 Å². The Balaban J connectivity index is 2.24. The van der Waals surface area contributed by atoms with E-state index in [1.807, 2.05) is 0 Å².